The number of carbonyl (C=O) groups is 1. The summed E-state index contributed by atoms with van der Waals surface area (Å²) < 4.78 is 1.01. The molecule has 1 heterocycles. The predicted molar refractivity (Wildman–Crippen MR) is 107 cm³/mol. The summed E-state index contributed by atoms with van der Waals surface area (Å²) in [4.78, 5) is 16.0. The Morgan fingerprint density at radius 2 is 1.40 bits per heavy atom. The fourth-order valence-corrected chi connectivity index (χ4v) is 4.58. The summed E-state index contributed by atoms with van der Waals surface area (Å²) in [6.07, 6.45) is 0. The first-order chi connectivity index (χ1) is 12.2. The van der Waals surface area contributed by atoms with Gasteiger partial charge in [-0.05, 0) is 42.0 Å². The van der Waals surface area contributed by atoms with E-state index in [1.807, 2.05) is 65.6 Å². The smallest absolute Gasteiger partial charge is 0.243 e. The zero-order valence-corrected chi connectivity index (χ0v) is 15.8. The van der Waals surface area contributed by atoms with Crippen LogP contribution < -0.4 is 4.90 Å². The molecule has 0 bridgehead atoms. The van der Waals surface area contributed by atoms with Crippen molar-refractivity contribution in [1.82, 2.24) is 0 Å². The number of nitrogens with zero attached hydrogens (tertiary/aromatic N) is 1. The van der Waals surface area contributed by atoms with Crippen molar-refractivity contribution in [1.29, 1.82) is 0 Å². The van der Waals surface area contributed by atoms with Gasteiger partial charge in [-0.3, -0.25) is 4.79 Å². The Morgan fingerprint density at radius 1 is 0.800 bits per heavy atom. The molecule has 25 heavy (non-hydrogen) atoms. The molecular weight excluding hydrogens is 394 g/mol. The molecule has 1 aliphatic heterocycles. The zero-order chi connectivity index (χ0) is 17.2. The number of benzene rings is 3. The standard InChI is InChI=1S/C21H16BrNOS/c22-16-11-13-17(14-12-16)23-19(15-7-3-1-4-8-15)20(21(23)24)25-18-9-5-2-6-10-18/h1-14,19-20H/t19-,20-/m1/s1. The van der Waals surface area contributed by atoms with E-state index >= 15 is 0 Å². The van der Waals surface area contributed by atoms with Gasteiger partial charge in [0.05, 0.1) is 6.04 Å². The lowest BCUT2D eigenvalue weighted by Gasteiger charge is -2.47. The van der Waals surface area contributed by atoms with E-state index in [0.29, 0.717) is 0 Å². The van der Waals surface area contributed by atoms with Gasteiger partial charge in [0.1, 0.15) is 5.25 Å². The minimum atomic E-state index is -0.103. The Kier molecular flexibility index (Phi) is 4.64. The van der Waals surface area contributed by atoms with Crippen LogP contribution in [0, 0.1) is 0 Å². The summed E-state index contributed by atoms with van der Waals surface area (Å²) in [5.41, 5.74) is 2.10. The molecule has 2 nitrogen and oxygen atoms in total. The highest BCUT2D eigenvalue weighted by molar-refractivity contribution is 9.10. The molecule has 0 radical (unpaired) electrons. The van der Waals surface area contributed by atoms with Crippen molar-refractivity contribution in [3.05, 3.63) is 95.0 Å². The summed E-state index contributed by atoms with van der Waals surface area (Å²) in [5, 5.41) is -0.103. The van der Waals surface area contributed by atoms with Crippen LogP contribution in [-0.4, -0.2) is 11.2 Å². The second-order valence-corrected chi connectivity index (χ2v) is 8.02. The largest absolute Gasteiger partial charge is 0.302 e. The van der Waals surface area contributed by atoms with E-state index < -0.39 is 0 Å². The van der Waals surface area contributed by atoms with Gasteiger partial charge in [-0.25, -0.2) is 0 Å². The summed E-state index contributed by atoms with van der Waals surface area (Å²) in [6, 6.07) is 28.4. The Bertz CT molecular complexity index is 867. The maximum absolute atomic E-state index is 12.9. The van der Waals surface area contributed by atoms with Crippen LogP contribution in [0.15, 0.2) is 94.3 Å². The number of anilines is 1. The molecule has 4 heteroatoms. The summed E-state index contributed by atoms with van der Waals surface area (Å²) >= 11 is 5.10. The van der Waals surface area contributed by atoms with Crippen molar-refractivity contribution >= 4 is 39.3 Å². The molecule has 1 saturated heterocycles. The first kappa shape index (κ1) is 16.4. The Morgan fingerprint density at radius 3 is 2.04 bits per heavy atom. The molecule has 0 N–H and O–H groups in total. The topological polar surface area (TPSA) is 20.3 Å². The molecule has 3 aromatic carbocycles. The lowest BCUT2D eigenvalue weighted by atomic mass is 9.92. The van der Waals surface area contributed by atoms with Gasteiger partial charge in [-0.15, -0.1) is 11.8 Å². The molecule has 0 aliphatic carbocycles. The lowest BCUT2D eigenvalue weighted by Crippen LogP contribution is -2.57. The van der Waals surface area contributed by atoms with Crippen molar-refractivity contribution in [2.45, 2.75) is 16.2 Å². The van der Waals surface area contributed by atoms with Gasteiger partial charge in [0.15, 0.2) is 0 Å². The summed E-state index contributed by atoms with van der Waals surface area (Å²) in [6.45, 7) is 0. The molecular formula is C21H16BrNOS. The fourth-order valence-electron chi connectivity index (χ4n) is 3.09. The predicted octanol–water partition coefficient (Wildman–Crippen LogP) is 5.70. The van der Waals surface area contributed by atoms with E-state index in [4.69, 9.17) is 0 Å². The van der Waals surface area contributed by atoms with Crippen LogP contribution >= 0.6 is 27.7 Å². The minimum Gasteiger partial charge on any atom is -0.302 e. The average Bonchev–Trinajstić information content (AvgIpc) is 2.66. The Labute approximate surface area is 160 Å². The minimum absolute atomic E-state index is 0.0417. The number of thioether (sulfide) groups is 1. The number of β-lactam (4-membered cyclic amide) rings is 1. The molecule has 0 aromatic heterocycles. The van der Waals surface area contributed by atoms with Gasteiger partial charge in [0, 0.05) is 15.1 Å². The first-order valence-corrected chi connectivity index (χ1v) is 9.76. The van der Waals surface area contributed by atoms with Crippen LogP contribution in [0.5, 0.6) is 0 Å². The quantitative estimate of drug-likeness (QED) is 0.515. The molecule has 1 fully saturated rings. The maximum Gasteiger partial charge on any atom is 0.243 e. The third-order valence-electron chi connectivity index (χ3n) is 4.30. The second kappa shape index (κ2) is 7.06. The molecule has 4 rings (SSSR count). The highest BCUT2D eigenvalue weighted by Crippen LogP contribution is 2.47. The molecule has 0 unspecified atom stereocenters. The number of rotatable bonds is 4. The van der Waals surface area contributed by atoms with Crippen molar-refractivity contribution < 1.29 is 4.79 Å². The molecule has 3 aromatic rings. The highest BCUT2D eigenvalue weighted by Gasteiger charge is 2.49. The normalized spacial score (nSPS) is 19.6. The van der Waals surface area contributed by atoms with Crippen LogP contribution in [-0.2, 0) is 4.79 Å². The van der Waals surface area contributed by atoms with E-state index in [1.54, 1.807) is 11.8 Å². The van der Waals surface area contributed by atoms with E-state index in [-0.39, 0.29) is 17.2 Å². The molecule has 1 amide bonds. The van der Waals surface area contributed by atoms with Crippen molar-refractivity contribution in [3.63, 3.8) is 0 Å². The average molecular weight is 410 g/mol. The van der Waals surface area contributed by atoms with Crippen LogP contribution in [0.4, 0.5) is 5.69 Å². The van der Waals surface area contributed by atoms with E-state index in [2.05, 4.69) is 40.2 Å². The van der Waals surface area contributed by atoms with Crippen molar-refractivity contribution in [2.24, 2.45) is 0 Å². The summed E-state index contributed by atoms with van der Waals surface area (Å²) in [7, 11) is 0. The second-order valence-electron chi connectivity index (χ2n) is 5.89. The zero-order valence-electron chi connectivity index (χ0n) is 13.4. The maximum atomic E-state index is 12.9. The molecule has 0 saturated carbocycles. The van der Waals surface area contributed by atoms with E-state index in [1.165, 1.54) is 5.56 Å². The Hall–Kier alpha value is -2.04. The lowest BCUT2D eigenvalue weighted by molar-refractivity contribution is -0.123. The van der Waals surface area contributed by atoms with Gasteiger partial charge in [0.25, 0.3) is 0 Å². The van der Waals surface area contributed by atoms with E-state index in [9.17, 15) is 4.79 Å². The van der Waals surface area contributed by atoms with Crippen LogP contribution in [0.2, 0.25) is 0 Å². The van der Waals surface area contributed by atoms with E-state index in [0.717, 1.165) is 15.1 Å². The number of halogens is 1. The van der Waals surface area contributed by atoms with Crippen molar-refractivity contribution in [2.75, 3.05) is 4.90 Å². The monoisotopic (exact) mass is 409 g/mol. The Balaban J connectivity index is 1.68. The molecule has 0 spiro atoms. The molecule has 124 valence electrons. The third-order valence-corrected chi connectivity index (χ3v) is 6.08. The van der Waals surface area contributed by atoms with Crippen LogP contribution in [0.25, 0.3) is 0 Å². The van der Waals surface area contributed by atoms with Crippen molar-refractivity contribution in [3.8, 4) is 0 Å². The molecule has 1 aliphatic rings. The van der Waals surface area contributed by atoms with Gasteiger partial charge < -0.3 is 4.90 Å². The van der Waals surface area contributed by atoms with Crippen LogP contribution in [0.1, 0.15) is 11.6 Å². The van der Waals surface area contributed by atoms with Crippen LogP contribution in [0.3, 0.4) is 0 Å². The number of hydrogen-bond acceptors (Lipinski definition) is 2. The van der Waals surface area contributed by atoms with Gasteiger partial charge in [-0.1, -0.05) is 64.5 Å². The highest BCUT2D eigenvalue weighted by atomic mass is 79.9. The summed E-state index contributed by atoms with van der Waals surface area (Å²) in [5.74, 6) is 0.157. The number of amides is 1. The first-order valence-electron chi connectivity index (χ1n) is 8.09. The van der Waals surface area contributed by atoms with Gasteiger partial charge in [0.2, 0.25) is 5.91 Å². The fraction of sp³-hybridized carbons (Fsp3) is 0.0952. The third kappa shape index (κ3) is 3.24. The van der Waals surface area contributed by atoms with Gasteiger partial charge in [-0.2, -0.15) is 0 Å². The number of carbonyl (C=O) groups excluding carboxylic acids is 1. The SMILES string of the molecule is O=C1[C@H](Sc2ccccc2)[C@@H](c2ccccc2)N1c1ccc(Br)cc1. The molecule has 2 atom stereocenters. The van der Waals surface area contributed by atoms with Gasteiger partial charge >= 0.3 is 0 Å². The number of hydrogen-bond donors (Lipinski definition) is 0.